The van der Waals surface area contributed by atoms with Crippen LogP contribution in [-0.4, -0.2) is 27.3 Å². The van der Waals surface area contributed by atoms with Gasteiger partial charge in [0.2, 0.25) is 0 Å². The number of esters is 1. The maximum Gasteiger partial charge on any atom is 0.434 e. The molecule has 0 bridgehead atoms. The van der Waals surface area contributed by atoms with Crippen LogP contribution in [0.5, 0.6) is 0 Å². The summed E-state index contributed by atoms with van der Waals surface area (Å²) in [4.78, 5) is 14.9. The van der Waals surface area contributed by atoms with E-state index in [0.717, 1.165) is 6.07 Å². The number of aromatic nitrogens is 3. The van der Waals surface area contributed by atoms with Crippen molar-refractivity contribution in [2.24, 2.45) is 0 Å². The molecule has 2 heterocycles. The molecule has 0 atom stereocenters. The average molecular weight is 353 g/mol. The Labute approximate surface area is 130 Å². The van der Waals surface area contributed by atoms with E-state index in [4.69, 9.17) is 0 Å². The molecule has 2 aromatic rings. The molecule has 0 aromatic carbocycles. The topological polar surface area (TPSA) is 57.0 Å². The fourth-order valence-corrected chi connectivity index (χ4v) is 1.83. The molecule has 2 aromatic heterocycles. The molecule has 5 nitrogen and oxygen atoms in total. The van der Waals surface area contributed by atoms with Crippen LogP contribution in [-0.2, 0) is 17.1 Å². The van der Waals surface area contributed by atoms with Crippen LogP contribution in [0, 0.1) is 0 Å². The molecule has 0 aliphatic carbocycles. The number of carbonyl (C=O) groups is 1. The SMILES string of the molecule is CCOC(=O)c1cnn(-c2ccc(C(F)(F)F)cn2)c1C(F)(F)F. The summed E-state index contributed by atoms with van der Waals surface area (Å²) in [5, 5.41) is 3.40. The summed E-state index contributed by atoms with van der Waals surface area (Å²) in [6, 6.07) is 1.29. The Kier molecular flexibility index (Phi) is 4.54. The van der Waals surface area contributed by atoms with E-state index in [0.29, 0.717) is 18.5 Å². The zero-order valence-electron chi connectivity index (χ0n) is 11.9. The number of alkyl halides is 6. The van der Waals surface area contributed by atoms with Crippen molar-refractivity contribution < 1.29 is 35.9 Å². The van der Waals surface area contributed by atoms with Crippen molar-refractivity contribution in [2.75, 3.05) is 6.61 Å². The lowest BCUT2D eigenvalue weighted by Crippen LogP contribution is -2.19. The first kappa shape index (κ1) is 17.8. The number of halogens is 6. The van der Waals surface area contributed by atoms with Gasteiger partial charge in [0.05, 0.1) is 18.4 Å². The van der Waals surface area contributed by atoms with Gasteiger partial charge in [-0.15, -0.1) is 0 Å². The molecule has 0 unspecified atom stereocenters. The minimum Gasteiger partial charge on any atom is -0.462 e. The van der Waals surface area contributed by atoms with Crippen molar-refractivity contribution in [1.29, 1.82) is 0 Å². The van der Waals surface area contributed by atoms with E-state index in [1.807, 2.05) is 0 Å². The molecule has 130 valence electrons. The first-order valence-electron chi connectivity index (χ1n) is 6.41. The first-order chi connectivity index (χ1) is 11.1. The Morgan fingerprint density at radius 3 is 2.25 bits per heavy atom. The molecule has 0 aliphatic heterocycles. The zero-order valence-corrected chi connectivity index (χ0v) is 11.9. The highest BCUT2D eigenvalue weighted by atomic mass is 19.4. The molecule has 0 fully saturated rings. The third-order valence-corrected chi connectivity index (χ3v) is 2.83. The van der Waals surface area contributed by atoms with Crippen LogP contribution in [0.15, 0.2) is 24.5 Å². The molecule has 0 radical (unpaired) electrons. The average Bonchev–Trinajstić information content (AvgIpc) is 2.92. The Morgan fingerprint density at radius 1 is 1.12 bits per heavy atom. The summed E-state index contributed by atoms with van der Waals surface area (Å²) in [6.45, 7) is 1.26. The summed E-state index contributed by atoms with van der Waals surface area (Å²) >= 11 is 0. The number of carbonyl (C=O) groups excluding carboxylic acids is 1. The number of hydrogen-bond acceptors (Lipinski definition) is 4. The summed E-state index contributed by atoms with van der Waals surface area (Å²) < 4.78 is 81.9. The highest BCUT2D eigenvalue weighted by Crippen LogP contribution is 2.34. The van der Waals surface area contributed by atoms with Crippen molar-refractivity contribution >= 4 is 5.97 Å². The van der Waals surface area contributed by atoms with E-state index in [1.54, 1.807) is 0 Å². The van der Waals surface area contributed by atoms with E-state index in [1.165, 1.54) is 6.92 Å². The number of pyridine rings is 1. The van der Waals surface area contributed by atoms with Gasteiger partial charge >= 0.3 is 18.3 Å². The van der Waals surface area contributed by atoms with Gasteiger partial charge in [0.15, 0.2) is 11.5 Å². The first-order valence-corrected chi connectivity index (χ1v) is 6.41. The molecule has 11 heteroatoms. The molecule has 0 aliphatic rings. The molecular formula is C13H9F6N3O2. The van der Waals surface area contributed by atoms with Crippen LogP contribution >= 0.6 is 0 Å². The van der Waals surface area contributed by atoms with Crippen LogP contribution in [0.3, 0.4) is 0 Å². The lowest BCUT2D eigenvalue weighted by Gasteiger charge is -2.12. The number of rotatable bonds is 3. The van der Waals surface area contributed by atoms with E-state index >= 15 is 0 Å². The van der Waals surface area contributed by atoms with Crippen LogP contribution in [0.25, 0.3) is 5.82 Å². The Bertz CT molecular complexity index is 734. The Morgan fingerprint density at radius 2 is 1.79 bits per heavy atom. The van der Waals surface area contributed by atoms with Crippen molar-refractivity contribution in [3.63, 3.8) is 0 Å². The second kappa shape index (κ2) is 6.13. The second-order valence-corrected chi connectivity index (χ2v) is 4.44. The standard InChI is InChI=1S/C13H9F6N3O2/c1-2-24-11(23)8-6-21-22(10(8)13(17,18)19)9-4-3-7(5-20-9)12(14,15)16/h3-6H,2H2,1H3. The van der Waals surface area contributed by atoms with Crippen molar-refractivity contribution in [3.8, 4) is 5.82 Å². The molecule has 24 heavy (non-hydrogen) atoms. The number of nitrogens with zero attached hydrogens (tertiary/aromatic N) is 3. The van der Waals surface area contributed by atoms with Crippen LogP contribution in [0.4, 0.5) is 26.3 Å². The largest absolute Gasteiger partial charge is 0.462 e. The smallest absolute Gasteiger partial charge is 0.434 e. The minimum absolute atomic E-state index is 0.153. The van der Waals surface area contributed by atoms with E-state index in [2.05, 4.69) is 14.8 Å². The van der Waals surface area contributed by atoms with Crippen molar-refractivity contribution in [3.05, 3.63) is 41.3 Å². The summed E-state index contributed by atoms with van der Waals surface area (Å²) in [5.74, 6) is -1.77. The van der Waals surface area contributed by atoms with Gasteiger partial charge in [-0.25, -0.2) is 14.5 Å². The molecule has 0 N–H and O–H groups in total. The van der Waals surface area contributed by atoms with Gasteiger partial charge in [0.25, 0.3) is 0 Å². The molecular weight excluding hydrogens is 344 g/mol. The van der Waals surface area contributed by atoms with Gasteiger partial charge in [0.1, 0.15) is 5.56 Å². The van der Waals surface area contributed by atoms with Crippen molar-refractivity contribution in [1.82, 2.24) is 14.8 Å². The van der Waals surface area contributed by atoms with Gasteiger partial charge in [-0.05, 0) is 19.1 Å². The normalized spacial score (nSPS) is 12.3. The monoisotopic (exact) mass is 353 g/mol. The number of ether oxygens (including phenoxy) is 1. The highest BCUT2D eigenvalue weighted by molar-refractivity contribution is 5.90. The second-order valence-electron chi connectivity index (χ2n) is 4.44. The van der Waals surface area contributed by atoms with Crippen molar-refractivity contribution in [2.45, 2.75) is 19.3 Å². The highest BCUT2D eigenvalue weighted by Gasteiger charge is 2.41. The maximum atomic E-state index is 13.2. The van der Waals surface area contributed by atoms with Crippen LogP contribution in [0.1, 0.15) is 28.5 Å². The maximum absolute atomic E-state index is 13.2. The van der Waals surface area contributed by atoms with E-state index in [9.17, 15) is 31.1 Å². The molecule has 0 saturated heterocycles. The van der Waals surface area contributed by atoms with Gasteiger partial charge < -0.3 is 4.74 Å². The summed E-state index contributed by atoms with van der Waals surface area (Å²) in [6.07, 6.45) is -8.68. The Hall–Kier alpha value is -2.59. The lowest BCUT2D eigenvalue weighted by molar-refractivity contribution is -0.143. The summed E-state index contributed by atoms with van der Waals surface area (Å²) in [7, 11) is 0. The third-order valence-electron chi connectivity index (χ3n) is 2.83. The third kappa shape index (κ3) is 3.49. The molecule has 0 amide bonds. The van der Waals surface area contributed by atoms with Crippen LogP contribution in [0.2, 0.25) is 0 Å². The fraction of sp³-hybridized carbons (Fsp3) is 0.308. The zero-order chi connectivity index (χ0) is 18.1. The molecule has 0 spiro atoms. The number of hydrogen-bond donors (Lipinski definition) is 0. The van der Waals surface area contributed by atoms with E-state index < -0.39 is 41.0 Å². The summed E-state index contributed by atoms with van der Waals surface area (Å²) in [5.41, 5.74) is -3.46. The van der Waals surface area contributed by atoms with Gasteiger partial charge in [-0.2, -0.15) is 31.4 Å². The van der Waals surface area contributed by atoms with Gasteiger partial charge in [-0.3, -0.25) is 0 Å². The minimum atomic E-state index is -5.00. The lowest BCUT2D eigenvalue weighted by atomic mass is 10.2. The van der Waals surface area contributed by atoms with Gasteiger partial charge in [0, 0.05) is 6.20 Å². The fourth-order valence-electron chi connectivity index (χ4n) is 1.83. The predicted molar refractivity (Wildman–Crippen MR) is 67.3 cm³/mol. The Balaban J connectivity index is 2.53. The van der Waals surface area contributed by atoms with Gasteiger partial charge in [-0.1, -0.05) is 0 Å². The van der Waals surface area contributed by atoms with E-state index in [-0.39, 0.29) is 11.3 Å². The quantitative estimate of drug-likeness (QED) is 0.626. The molecule has 2 rings (SSSR count). The molecule has 0 saturated carbocycles. The van der Waals surface area contributed by atoms with Crippen LogP contribution < -0.4 is 0 Å². The predicted octanol–water partition coefficient (Wildman–Crippen LogP) is 3.48.